The van der Waals surface area contributed by atoms with Gasteiger partial charge in [0, 0.05) is 23.3 Å². The van der Waals surface area contributed by atoms with E-state index in [0.717, 1.165) is 0 Å². The maximum atomic E-state index is 8.17. The Labute approximate surface area is 119 Å². The quantitative estimate of drug-likeness (QED) is 0.620. The van der Waals surface area contributed by atoms with Crippen molar-refractivity contribution in [3.05, 3.63) is 35.8 Å². The molecule has 0 fully saturated rings. The summed E-state index contributed by atoms with van der Waals surface area (Å²) in [5, 5.41) is 0. The lowest BCUT2D eigenvalue weighted by atomic mass is 10.1. The molecule has 0 heterocycles. The molecule has 0 bridgehead atoms. The third-order valence-electron chi connectivity index (χ3n) is 1.00. The van der Waals surface area contributed by atoms with Gasteiger partial charge in [-0.2, -0.15) is 0 Å². The molecule has 0 saturated carbocycles. The van der Waals surface area contributed by atoms with Crippen molar-refractivity contribution in [3.8, 4) is 0 Å². The van der Waals surface area contributed by atoms with Gasteiger partial charge in [-0.05, 0) is 18.3 Å². The smallest absolute Gasteiger partial charge is 0.0626 e. The first-order valence-corrected chi connectivity index (χ1v) is 3.50. The first-order chi connectivity index (χ1) is 15.4. The Bertz CT molecular complexity index is 984. The molecule has 0 saturated heterocycles. The van der Waals surface area contributed by atoms with Gasteiger partial charge < -0.3 is 0 Å². The van der Waals surface area contributed by atoms with Crippen LogP contribution >= 0.6 is 0 Å². The first kappa shape index (κ1) is 1.59. The zero-order chi connectivity index (χ0) is 29.5. The Hall–Kier alpha value is -0.780. The third kappa shape index (κ3) is 5.06. The van der Waals surface area contributed by atoms with Crippen LogP contribution in [0.1, 0.15) is 80.8 Å². The van der Waals surface area contributed by atoms with Crippen molar-refractivity contribution in [2.45, 2.75) is 51.5 Å². The lowest BCUT2D eigenvalue weighted by Gasteiger charge is -2.01. The average Bonchev–Trinajstić information content (AvgIpc) is 2.68. The molecule has 0 unspecified atom stereocenters. The van der Waals surface area contributed by atoms with Crippen LogP contribution in [-0.2, 0) is 6.37 Å². The van der Waals surface area contributed by atoms with Gasteiger partial charge in [0.15, 0.2) is 0 Å². The zero-order valence-corrected chi connectivity index (χ0v) is 7.00. The SMILES string of the molecule is [2H]c1c([2H])c([2H])c(C([2H])([2H])C([2H])([2H])C([2H])([2H])C([2H])([2H])C([2H])([2H])C([2H])([2H])C([2H])([2H])C([2H])([2H])[2H])c([2H])c1[2H]. The van der Waals surface area contributed by atoms with Crippen LogP contribution in [-0.4, -0.2) is 0 Å². The number of benzene rings is 1. The minimum Gasteiger partial charge on any atom is -0.0654 e. The fourth-order valence-corrected chi connectivity index (χ4v) is 0.531. The van der Waals surface area contributed by atoms with E-state index in [9.17, 15) is 0 Å². The van der Waals surface area contributed by atoms with Gasteiger partial charge in [0.2, 0.25) is 0 Å². The molecule has 0 heteroatoms. The highest BCUT2D eigenvalue weighted by Gasteiger charge is 1.92. The van der Waals surface area contributed by atoms with E-state index in [0.29, 0.717) is 0 Å². The fraction of sp³-hybridized carbons (Fsp3) is 0.571. The molecule has 0 aliphatic carbocycles. The second-order valence-corrected chi connectivity index (χ2v) is 1.88. The van der Waals surface area contributed by atoms with Crippen molar-refractivity contribution in [1.82, 2.24) is 0 Å². The van der Waals surface area contributed by atoms with E-state index >= 15 is 0 Å². The van der Waals surface area contributed by atoms with Gasteiger partial charge in [0.1, 0.15) is 0 Å². The van der Waals surface area contributed by atoms with Gasteiger partial charge in [0.05, 0.1) is 6.85 Å². The Morgan fingerprint density at radius 2 is 1.79 bits per heavy atom. The van der Waals surface area contributed by atoms with Crippen LogP contribution < -0.4 is 0 Å². The standard InChI is InChI=1S/C14H22/c1-2-3-4-5-6-8-11-14-12-9-7-10-13-14/h7,9-10,12-13H,2-6,8,11H2,1H3/i1D3,2D2,3D2,4D2,5D2,6D2,7D,8D2,9D,10D,11D2,12D,13D. The monoisotopic (exact) mass is 212 g/mol. The van der Waals surface area contributed by atoms with E-state index in [4.69, 9.17) is 30.2 Å². The molecule has 0 aliphatic rings. The van der Waals surface area contributed by atoms with E-state index in [1.807, 2.05) is 0 Å². The summed E-state index contributed by atoms with van der Waals surface area (Å²) in [6.45, 7) is -3.90. The van der Waals surface area contributed by atoms with Gasteiger partial charge in [0.25, 0.3) is 0 Å². The molecule has 78 valence electrons. The summed E-state index contributed by atoms with van der Waals surface area (Å²) in [5.74, 6) is 0. The maximum Gasteiger partial charge on any atom is 0.0626 e. The number of rotatable bonds is 7. The Morgan fingerprint density at radius 1 is 1.07 bits per heavy atom. The normalized spacial score (nSPS) is 41.4. The van der Waals surface area contributed by atoms with Crippen molar-refractivity contribution in [3.63, 3.8) is 0 Å². The minimum atomic E-state index is -4.52. The first-order valence-electron chi connectivity index (χ1n) is 14.5. The van der Waals surface area contributed by atoms with Gasteiger partial charge in [-0.1, -0.05) is 68.9 Å². The Kier molecular flexibility index (Phi) is 0.865. The number of hydrogen-bond donors (Lipinski definition) is 0. The molecule has 1 aromatic carbocycles. The molecule has 0 spiro atoms. The lowest BCUT2D eigenvalue weighted by molar-refractivity contribution is 0.607. The van der Waals surface area contributed by atoms with Gasteiger partial charge in [-0.25, -0.2) is 0 Å². The van der Waals surface area contributed by atoms with Crippen molar-refractivity contribution in [1.29, 1.82) is 0 Å². The molecule has 0 N–H and O–H groups in total. The van der Waals surface area contributed by atoms with Crippen molar-refractivity contribution >= 4 is 0 Å². The molecular weight excluding hydrogens is 168 g/mol. The van der Waals surface area contributed by atoms with Crippen molar-refractivity contribution in [2.24, 2.45) is 0 Å². The third-order valence-corrected chi connectivity index (χ3v) is 1.00. The molecule has 0 aromatic heterocycles. The summed E-state index contributed by atoms with van der Waals surface area (Å²) in [7, 11) is 0. The summed E-state index contributed by atoms with van der Waals surface area (Å²) < 4.78 is 171. The second-order valence-electron chi connectivity index (χ2n) is 1.88. The van der Waals surface area contributed by atoms with Crippen LogP contribution in [0.2, 0.25) is 0 Å². The van der Waals surface area contributed by atoms with E-state index in [2.05, 4.69) is 0 Å². The predicted octanol–water partition coefficient (Wildman–Crippen LogP) is 4.59. The van der Waals surface area contributed by atoms with Gasteiger partial charge >= 0.3 is 0 Å². The second kappa shape index (κ2) is 7.61. The molecule has 0 aliphatic heterocycles. The molecule has 1 aromatic rings. The molecule has 0 atom stereocenters. The topological polar surface area (TPSA) is 0 Å². The van der Waals surface area contributed by atoms with Crippen molar-refractivity contribution < 1.29 is 30.2 Å². The summed E-state index contributed by atoms with van der Waals surface area (Å²) in [5.41, 5.74) is -1.43. The summed E-state index contributed by atoms with van der Waals surface area (Å²) in [6, 6.07) is -5.87. The molecular formula is C14H22. The highest BCUT2D eigenvalue weighted by molar-refractivity contribution is 5.14. The van der Waals surface area contributed by atoms with E-state index < -0.39 is 87.2 Å². The average molecular weight is 212 g/mol. The Balaban J connectivity index is 3.94. The van der Waals surface area contributed by atoms with Gasteiger partial charge in [-0.15, -0.1) is 0 Å². The Morgan fingerprint density at radius 3 is 2.57 bits per heavy atom. The van der Waals surface area contributed by atoms with Crippen LogP contribution in [0, 0.1) is 0 Å². The van der Waals surface area contributed by atoms with Gasteiger partial charge in [-0.3, -0.25) is 0 Å². The molecule has 0 nitrogen and oxygen atoms in total. The number of hydrogen-bond acceptors (Lipinski definition) is 0. The van der Waals surface area contributed by atoms with Crippen LogP contribution in [0.15, 0.2) is 30.2 Å². The summed E-state index contributed by atoms with van der Waals surface area (Å²) >= 11 is 0. The summed E-state index contributed by atoms with van der Waals surface area (Å²) in [6.07, 6.45) is -30.3. The molecule has 0 amide bonds. The van der Waals surface area contributed by atoms with Crippen molar-refractivity contribution in [2.75, 3.05) is 0 Å². The lowest BCUT2D eigenvalue weighted by Crippen LogP contribution is -1.85. The minimum absolute atomic E-state index is 1.00. The van der Waals surface area contributed by atoms with Crippen LogP contribution in [0.25, 0.3) is 0 Å². The molecule has 0 radical (unpaired) electrons. The van der Waals surface area contributed by atoms with Crippen LogP contribution in [0.3, 0.4) is 0 Å². The van der Waals surface area contributed by atoms with E-state index in [1.54, 1.807) is 0 Å². The maximum absolute atomic E-state index is 8.17. The molecule has 14 heavy (non-hydrogen) atoms. The fourth-order valence-electron chi connectivity index (χ4n) is 0.531. The van der Waals surface area contributed by atoms with Crippen LogP contribution in [0.4, 0.5) is 0 Å². The van der Waals surface area contributed by atoms with E-state index in [1.165, 1.54) is 0 Å². The summed E-state index contributed by atoms with van der Waals surface area (Å²) in [4.78, 5) is 0. The molecule has 1 rings (SSSR count). The zero-order valence-electron chi connectivity index (χ0n) is 29.0. The highest BCUT2D eigenvalue weighted by atomic mass is 14.0. The van der Waals surface area contributed by atoms with Crippen LogP contribution in [0.5, 0.6) is 0 Å². The highest BCUT2D eigenvalue weighted by Crippen LogP contribution is 2.09. The largest absolute Gasteiger partial charge is 0.0654 e. The van der Waals surface area contributed by atoms with E-state index in [-0.39, 0.29) is 0 Å². The predicted molar refractivity (Wildman–Crippen MR) is 63.5 cm³/mol.